The van der Waals surface area contributed by atoms with E-state index in [-0.39, 0.29) is 24.9 Å². The highest BCUT2D eigenvalue weighted by Crippen LogP contribution is 2.43. The second kappa shape index (κ2) is 6.89. The monoisotopic (exact) mass is 307 g/mol. The van der Waals surface area contributed by atoms with Gasteiger partial charge in [-0.05, 0) is 18.3 Å². The number of rotatable bonds is 8. The van der Waals surface area contributed by atoms with Crippen LogP contribution in [0.4, 0.5) is 4.79 Å². The fraction of sp³-hybridized carbons (Fsp3) is 0.818. The van der Waals surface area contributed by atoms with Crippen molar-refractivity contribution in [3.05, 3.63) is 0 Å². The van der Waals surface area contributed by atoms with E-state index in [0.29, 0.717) is 6.54 Å². The van der Waals surface area contributed by atoms with Crippen molar-refractivity contribution < 1.29 is 23.1 Å². The SMILES string of the molecule is CS(=O)(=O)NCCNC(=O)NCC1(CC(=O)O)CCC1. The maximum atomic E-state index is 11.5. The van der Waals surface area contributed by atoms with Gasteiger partial charge in [0.2, 0.25) is 10.0 Å². The van der Waals surface area contributed by atoms with Crippen LogP contribution in [0.2, 0.25) is 0 Å². The molecular formula is C11H21N3O5S. The largest absolute Gasteiger partial charge is 0.481 e. The van der Waals surface area contributed by atoms with Gasteiger partial charge in [0.1, 0.15) is 0 Å². The van der Waals surface area contributed by atoms with Crippen LogP contribution in [-0.2, 0) is 14.8 Å². The van der Waals surface area contributed by atoms with Gasteiger partial charge in [-0.15, -0.1) is 0 Å². The summed E-state index contributed by atoms with van der Waals surface area (Å²) < 4.78 is 23.8. The summed E-state index contributed by atoms with van der Waals surface area (Å²) in [4.78, 5) is 22.3. The van der Waals surface area contributed by atoms with E-state index in [2.05, 4.69) is 15.4 Å². The molecule has 1 saturated carbocycles. The summed E-state index contributed by atoms with van der Waals surface area (Å²) in [7, 11) is -3.25. The summed E-state index contributed by atoms with van der Waals surface area (Å²) in [6.45, 7) is 0.613. The molecule has 0 heterocycles. The van der Waals surface area contributed by atoms with E-state index in [1.807, 2.05) is 0 Å². The summed E-state index contributed by atoms with van der Waals surface area (Å²) in [5, 5.41) is 14.0. The Morgan fingerprint density at radius 1 is 1.20 bits per heavy atom. The maximum absolute atomic E-state index is 11.5. The normalized spacial score (nSPS) is 17.1. The van der Waals surface area contributed by atoms with Crippen LogP contribution in [0.25, 0.3) is 0 Å². The van der Waals surface area contributed by atoms with Crippen LogP contribution in [0.15, 0.2) is 0 Å². The molecule has 0 spiro atoms. The van der Waals surface area contributed by atoms with E-state index in [9.17, 15) is 18.0 Å². The second-order valence-electron chi connectivity index (χ2n) is 5.20. The van der Waals surface area contributed by atoms with Crippen molar-refractivity contribution >= 4 is 22.0 Å². The molecular weight excluding hydrogens is 286 g/mol. The number of amides is 2. The Morgan fingerprint density at radius 2 is 1.85 bits per heavy atom. The summed E-state index contributed by atoms with van der Waals surface area (Å²) in [6, 6.07) is -0.419. The van der Waals surface area contributed by atoms with Crippen molar-refractivity contribution in [2.75, 3.05) is 25.9 Å². The van der Waals surface area contributed by atoms with Gasteiger partial charge in [0.05, 0.1) is 12.7 Å². The van der Waals surface area contributed by atoms with Crippen molar-refractivity contribution in [3.8, 4) is 0 Å². The third-order valence-corrected chi connectivity index (χ3v) is 4.07. The molecule has 0 unspecified atom stereocenters. The molecule has 0 saturated heterocycles. The van der Waals surface area contributed by atoms with Gasteiger partial charge in [-0.25, -0.2) is 17.9 Å². The molecule has 1 fully saturated rings. The lowest BCUT2D eigenvalue weighted by Crippen LogP contribution is -2.47. The molecule has 0 aromatic carbocycles. The minimum absolute atomic E-state index is 0.0584. The van der Waals surface area contributed by atoms with Gasteiger partial charge in [0.15, 0.2) is 0 Å². The first kappa shape index (κ1) is 16.7. The second-order valence-corrected chi connectivity index (χ2v) is 7.03. The zero-order valence-corrected chi connectivity index (χ0v) is 12.3. The molecule has 2 amide bonds. The molecule has 1 rings (SSSR count). The first-order valence-electron chi connectivity index (χ1n) is 6.41. The highest BCUT2D eigenvalue weighted by molar-refractivity contribution is 7.88. The highest BCUT2D eigenvalue weighted by Gasteiger charge is 2.39. The van der Waals surface area contributed by atoms with Crippen molar-refractivity contribution in [2.45, 2.75) is 25.7 Å². The minimum atomic E-state index is -3.25. The zero-order valence-electron chi connectivity index (χ0n) is 11.4. The fourth-order valence-electron chi connectivity index (χ4n) is 2.16. The van der Waals surface area contributed by atoms with E-state index in [1.165, 1.54) is 0 Å². The van der Waals surface area contributed by atoms with Crippen LogP contribution in [0.1, 0.15) is 25.7 Å². The Bertz CT molecular complexity index is 459. The van der Waals surface area contributed by atoms with Gasteiger partial charge in [0, 0.05) is 19.6 Å². The van der Waals surface area contributed by atoms with E-state index in [0.717, 1.165) is 25.5 Å². The fourth-order valence-corrected chi connectivity index (χ4v) is 2.63. The minimum Gasteiger partial charge on any atom is -0.481 e. The van der Waals surface area contributed by atoms with Crippen LogP contribution in [0.5, 0.6) is 0 Å². The van der Waals surface area contributed by atoms with E-state index in [1.54, 1.807) is 0 Å². The third-order valence-electron chi connectivity index (χ3n) is 3.34. The van der Waals surface area contributed by atoms with Gasteiger partial charge < -0.3 is 15.7 Å². The average Bonchev–Trinajstić information content (AvgIpc) is 2.26. The molecule has 116 valence electrons. The standard InChI is InChI=1S/C11H21N3O5S/c1-20(18,19)14-6-5-12-10(17)13-8-11(3-2-4-11)7-9(15)16/h14H,2-8H2,1H3,(H,15,16)(H2,12,13,17). The Labute approximate surface area is 118 Å². The van der Waals surface area contributed by atoms with Crippen LogP contribution >= 0.6 is 0 Å². The molecule has 0 atom stereocenters. The highest BCUT2D eigenvalue weighted by atomic mass is 32.2. The summed E-state index contributed by atoms with van der Waals surface area (Å²) >= 11 is 0. The Balaban J connectivity index is 2.21. The van der Waals surface area contributed by atoms with Gasteiger partial charge in [-0.2, -0.15) is 0 Å². The van der Waals surface area contributed by atoms with Crippen LogP contribution in [-0.4, -0.2) is 51.4 Å². The number of sulfonamides is 1. The molecule has 0 radical (unpaired) electrons. The number of hydrogen-bond donors (Lipinski definition) is 4. The number of carboxylic acid groups (broad SMARTS) is 1. The molecule has 0 bridgehead atoms. The van der Waals surface area contributed by atoms with Crippen molar-refractivity contribution in [2.24, 2.45) is 5.41 Å². The molecule has 20 heavy (non-hydrogen) atoms. The lowest BCUT2D eigenvalue weighted by atomic mass is 9.66. The molecule has 4 N–H and O–H groups in total. The summed E-state index contributed by atoms with van der Waals surface area (Å²) in [5.74, 6) is -0.857. The number of urea groups is 1. The first-order chi connectivity index (χ1) is 9.22. The maximum Gasteiger partial charge on any atom is 0.314 e. The number of carbonyl (C=O) groups is 2. The molecule has 0 aromatic rings. The first-order valence-corrected chi connectivity index (χ1v) is 8.30. The Hall–Kier alpha value is -1.35. The summed E-state index contributed by atoms with van der Waals surface area (Å²) in [5.41, 5.74) is -0.325. The van der Waals surface area contributed by atoms with Crippen molar-refractivity contribution in [1.82, 2.24) is 15.4 Å². The van der Waals surface area contributed by atoms with Crippen LogP contribution in [0, 0.1) is 5.41 Å². The number of carbonyl (C=O) groups excluding carboxylic acids is 1. The van der Waals surface area contributed by atoms with E-state index in [4.69, 9.17) is 5.11 Å². The molecule has 0 aliphatic heterocycles. The van der Waals surface area contributed by atoms with Gasteiger partial charge >= 0.3 is 12.0 Å². The molecule has 8 nitrogen and oxygen atoms in total. The number of carboxylic acids is 1. The number of hydrogen-bond acceptors (Lipinski definition) is 4. The Morgan fingerprint density at radius 3 is 2.30 bits per heavy atom. The molecule has 0 aromatic heterocycles. The van der Waals surface area contributed by atoms with E-state index < -0.39 is 22.0 Å². The predicted molar refractivity (Wildman–Crippen MR) is 72.8 cm³/mol. The van der Waals surface area contributed by atoms with Gasteiger partial charge in [0.25, 0.3) is 0 Å². The lowest BCUT2D eigenvalue weighted by Gasteiger charge is -2.40. The molecule has 1 aliphatic carbocycles. The number of nitrogens with one attached hydrogen (secondary N) is 3. The van der Waals surface area contributed by atoms with Crippen LogP contribution < -0.4 is 15.4 Å². The van der Waals surface area contributed by atoms with Gasteiger partial charge in [-0.1, -0.05) is 6.42 Å². The quantitative estimate of drug-likeness (QED) is 0.449. The molecule has 1 aliphatic rings. The van der Waals surface area contributed by atoms with Gasteiger partial charge in [-0.3, -0.25) is 4.79 Å². The predicted octanol–water partition coefficient (Wildman–Crippen LogP) is -0.520. The smallest absolute Gasteiger partial charge is 0.314 e. The topological polar surface area (TPSA) is 125 Å². The lowest BCUT2D eigenvalue weighted by molar-refractivity contribution is -0.141. The third kappa shape index (κ3) is 6.20. The van der Waals surface area contributed by atoms with Crippen molar-refractivity contribution in [1.29, 1.82) is 0 Å². The zero-order chi connectivity index (χ0) is 15.2. The van der Waals surface area contributed by atoms with Crippen molar-refractivity contribution in [3.63, 3.8) is 0 Å². The number of aliphatic carboxylic acids is 1. The van der Waals surface area contributed by atoms with E-state index >= 15 is 0 Å². The van der Waals surface area contributed by atoms with Crippen LogP contribution in [0.3, 0.4) is 0 Å². The Kier molecular flexibility index (Phi) is 5.75. The average molecular weight is 307 g/mol. The molecule has 9 heteroatoms. The summed E-state index contributed by atoms with van der Waals surface area (Å²) in [6.07, 6.45) is 3.68.